The zero-order chi connectivity index (χ0) is 14.5. The van der Waals surface area contributed by atoms with Gasteiger partial charge < -0.3 is 5.32 Å². The van der Waals surface area contributed by atoms with Crippen molar-refractivity contribution in [2.45, 2.75) is 20.8 Å². The van der Waals surface area contributed by atoms with Crippen LogP contribution in [0, 0.1) is 20.8 Å². The molecule has 0 aliphatic rings. The number of para-hydroxylation sites is 1. The van der Waals surface area contributed by atoms with E-state index in [1.165, 1.54) is 0 Å². The number of hydrazone groups is 1. The topological polar surface area (TPSA) is 49.3 Å². The van der Waals surface area contributed by atoms with Crippen LogP contribution < -0.4 is 10.7 Å². The number of aromatic nitrogens is 1. The fourth-order valence-corrected chi connectivity index (χ4v) is 2.47. The molecule has 4 nitrogen and oxygen atoms in total. The first-order chi connectivity index (χ1) is 9.56. The molecule has 0 bridgehead atoms. The molecule has 1 heterocycles. The van der Waals surface area contributed by atoms with Gasteiger partial charge in [-0.3, -0.25) is 5.43 Å². The monoisotopic (exact) mass is 304 g/mol. The van der Waals surface area contributed by atoms with Crippen molar-refractivity contribution in [1.29, 1.82) is 0 Å². The summed E-state index contributed by atoms with van der Waals surface area (Å²) >= 11 is 6.81. The summed E-state index contributed by atoms with van der Waals surface area (Å²) in [5, 5.41) is 10.7. The van der Waals surface area contributed by atoms with Crippen LogP contribution in [0.5, 0.6) is 0 Å². The maximum absolute atomic E-state index is 5.22. The van der Waals surface area contributed by atoms with Gasteiger partial charge in [-0.25, -0.2) is 4.98 Å². The van der Waals surface area contributed by atoms with Crippen molar-refractivity contribution in [3.8, 4) is 0 Å². The third-order valence-electron chi connectivity index (χ3n) is 2.72. The number of aryl methyl sites for hydroxylation is 3. The Kier molecular flexibility index (Phi) is 4.81. The Labute approximate surface area is 127 Å². The van der Waals surface area contributed by atoms with Crippen molar-refractivity contribution >= 4 is 40.6 Å². The van der Waals surface area contributed by atoms with E-state index in [-0.39, 0.29) is 0 Å². The number of benzene rings is 1. The summed E-state index contributed by atoms with van der Waals surface area (Å²) < 4.78 is 0. The predicted molar refractivity (Wildman–Crippen MR) is 89.7 cm³/mol. The minimum absolute atomic E-state index is 0.464. The Morgan fingerprint density at radius 1 is 1.30 bits per heavy atom. The number of hydrogen-bond donors (Lipinski definition) is 2. The molecule has 0 spiro atoms. The molecule has 1 aromatic heterocycles. The van der Waals surface area contributed by atoms with Gasteiger partial charge in [-0.1, -0.05) is 18.2 Å². The summed E-state index contributed by atoms with van der Waals surface area (Å²) in [5.74, 6) is 0. The predicted octanol–water partition coefficient (Wildman–Crippen LogP) is 3.39. The van der Waals surface area contributed by atoms with Gasteiger partial charge in [0.15, 0.2) is 5.11 Å². The molecule has 0 amide bonds. The first-order valence-corrected chi connectivity index (χ1v) is 7.43. The van der Waals surface area contributed by atoms with E-state index >= 15 is 0 Å². The largest absolute Gasteiger partial charge is 0.331 e. The van der Waals surface area contributed by atoms with Crippen molar-refractivity contribution in [3.63, 3.8) is 0 Å². The molecule has 0 saturated heterocycles. The SMILES string of the molecule is Cc1nc(/C=N\NC(=S)Nc2c(C)cccc2C)cs1. The van der Waals surface area contributed by atoms with Gasteiger partial charge in [0, 0.05) is 11.1 Å². The molecule has 20 heavy (non-hydrogen) atoms. The molecule has 0 fully saturated rings. The molecule has 1 aromatic carbocycles. The minimum Gasteiger partial charge on any atom is -0.331 e. The second-order valence-electron chi connectivity index (χ2n) is 4.38. The van der Waals surface area contributed by atoms with Gasteiger partial charge in [0.05, 0.1) is 16.9 Å². The molecular weight excluding hydrogens is 288 g/mol. The highest BCUT2D eigenvalue weighted by atomic mass is 32.1. The van der Waals surface area contributed by atoms with E-state index in [0.29, 0.717) is 5.11 Å². The van der Waals surface area contributed by atoms with Crippen LogP contribution in [-0.2, 0) is 0 Å². The summed E-state index contributed by atoms with van der Waals surface area (Å²) in [7, 11) is 0. The van der Waals surface area contributed by atoms with Gasteiger partial charge in [-0.15, -0.1) is 11.3 Å². The molecule has 104 valence electrons. The van der Waals surface area contributed by atoms with Crippen molar-refractivity contribution in [2.75, 3.05) is 5.32 Å². The molecule has 0 atom stereocenters. The van der Waals surface area contributed by atoms with E-state index < -0.39 is 0 Å². The van der Waals surface area contributed by atoms with E-state index in [1.54, 1.807) is 17.6 Å². The zero-order valence-corrected chi connectivity index (χ0v) is 13.2. The normalized spacial score (nSPS) is 10.8. The Morgan fingerprint density at radius 3 is 2.60 bits per heavy atom. The maximum Gasteiger partial charge on any atom is 0.191 e. The van der Waals surface area contributed by atoms with Crippen LogP contribution in [0.3, 0.4) is 0 Å². The third-order valence-corrected chi connectivity index (χ3v) is 3.70. The summed E-state index contributed by atoms with van der Waals surface area (Å²) in [6, 6.07) is 6.10. The van der Waals surface area contributed by atoms with Crippen molar-refractivity contribution in [3.05, 3.63) is 45.4 Å². The van der Waals surface area contributed by atoms with Crippen LogP contribution in [0.4, 0.5) is 5.69 Å². The average molecular weight is 304 g/mol. The number of rotatable bonds is 3. The fourth-order valence-electron chi connectivity index (χ4n) is 1.75. The van der Waals surface area contributed by atoms with Crippen LogP contribution in [-0.4, -0.2) is 16.3 Å². The Hall–Kier alpha value is -1.79. The summed E-state index contributed by atoms with van der Waals surface area (Å²) in [6.45, 7) is 6.04. The van der Waals surface area contributed by atoms with Crippen LogP contribution in [0.2, 0.25) is 0 Å². The van der Waals surface area contributed by atoms with E-state index in [0.717, 1.165) is 27.5 Å². The van der Waals surface area contributed by atoms with Crippen LogP contribution in [0.15, 0.2) is 28.7 Å². The second kappa shape index (κ2) is 6.58. The summed E-state index contributed by atoms with van der Waals surface area (Å²) in [4.78, 5) is 4.29. The van der Waals surface area contributed by atoms with Gasteiger partial charge in [-0.2, -0.15) is 5.10 Å². The molecule has 0 aliphatic heterocycles. The van der Waals surface area contributed by atoms with Crippen LogP contribution in [0.25, 0.3) is 0 Å². The molecule has 6 heteroatoms. The Balaban J connectivity index is 1.94. The average Bonchev–Trinajstić information content (AvgIpc) is 2.80. The lowest BCUT2D eigenvalue weighted by atomic mass is 10.1. The standard InChI is InChI=1S/C14H16N4S2/c1-9-5-4-6-10(2)13(9)17-14(19)18-15-7-12-8-20-11(3)16-12/h4-8H,1-3H3,(H2,17,18,19)/b15-7-. The Morgan fingerprint density at radius 2 is 2.00 bits per heavy atom. The molecule has 0 unspecified atom stereocenters. The van der Waals surface area contributed by atoms with Crippen molar-refractivity contribution in [2.24, 2.45) is 5.10 Å². The smallest absolute Gasteiger partial charge is 0.191 e. The van der Waals surface area contributed by atoms with E-state index in [4.69, 9.17) is 12.2 Å². The molecule has 2 aromatic rings. The van der Waals surface area contributed by atoms with Crippen LogP contribution >= 0.6 is 23.6 Å². The molecule has 2 rings (SSSR count). The molecule has 2 N–H and O–H groups in total. The lowest BCUT2D eigenvalue weighted by Crippen LogP contribution is -2.24. The minimum atomic E-state index is 0.464. The van der Waals surface area contributed by atoms with Gasteiger partial charge in [-0.05, 0) is 44.1 Å². The number of nitrogens with zero attached hydrogens (tertiary/aromatic N) is 2. The number of thiocarbonyl (C=S) groups is 1. The van der Waals surface area contributed by atoms with Crippen LogP contribution in [0.1, 0.15) is 21.8 Å². The number of thiazole rings is 1. The number of hydrogen-bond acceptors (Lipinski definition) is 4. The lowest BCUT2D eigenvalue weighted by Gasteiger charge is -2.12. The molecule has 0 radical (unpaired) electrons. The number of anilines is 1. The van der Waals surface area contributed by atoms with Gasteiger partial charge in [0.25, 0.3) is 0 Å². The molecular formula is C14H16N4S2. The highest BCUT2D eigenvalue weighted by Gasteiger charge is 2.03. The van der Waals surface area contributed by atoms with E-state index in [2.05, 4.69) is 20.8 Å². The quantitative estimate of drug-likeness (QED) is 0.518. The second-order valence-corrected chi connectivity index (χ2v) is 5.85. The fraction of sp³-hybridized carbons (Fsp3) is 0.214. The third kappa shape index (κ3) is 3.85. The van der Waals surface area contributed by atoms with Crippen molar-refractivity contribution in [1.82, 2.24) is 10.4 Å². The number of nitrogens with one attached hydrogen (secondary N) is 2. The first-order valence-electron chi connectivity index (χ1n) is 6.14. The molecule has 0 aliphatic carbocycles. The van der Waals surface area contributed by atoms with Gasteiger partial charge in [0.1, 0.15) is 0 Å². The van der Waals surface area contributed by atoms with Gasteiger partial charge >= 0.3 is 0 Å². The highest BCUT2D eigenvalue weighted by molar-refractivity contribution is 7.80. The van der Waals surface area contributed by atoms with Gasteiger partial charge in [0.2, 0.25) is 0 Å². The lowest BCUT2D eigenvalue weighted by molar-refractivity contribution is 1.05. The maximum atomic E-state index is 5.22. The Bertz CT molecular complexity index is 626. The summed E-state index contributed by atoms with van der Waals surface area (Å²) in [6.07, 6.45) is 1.65. The zero-order valence-electron chi connectivity index (χ0n) is 11.6. The van der Waals surface area contributed by atoms with E-state index in [9.17, 15) is 0 Å². The first kappa shape index (κ1) is 14.6. The van der Waals surface area contributed by atoms with E-state index in [1.807, 2.05) is 44.4 Å². The van der Waals surface area contributed by atoms with Crippen molar-refractivity contribution < 1.29 is 0 Å². The summed E-state index contributed by atoms with van der Waals surface area (Å²) in [5.41, 5.74) is 6.94. The molecule has 0 saturated carbocycles. The highest BCUT2D eigenvalue weighted by Crippen LogP contribution is 2.19.